The van der Waals surface area contributed by atoms with Crippen molar-refractivity contribution in [2.24, 2.45) is 0 Å². The van der Waals surface area contributed by atoms with E-state index in [9.17, 15) is 21.6 Å². The Balaban J connectivity index is 0.000000480. The maximum Gasteiger partial charge on any atom is 0.490 e. The standard InChI is InChI=1S/C16H16ClNO2S.C2HF3O2/c1-18-15-7-9-16(10-8-15)21(19,20)11-3-5-13-4-2-6-14(17)12-13;3-2(4,5)1(6)7/h2-10,12,18H,11H2,1H3;(H,6,7). The van der Waals surface area contributed by atoms with E-state index in [1.54, 1.807) is 55.6 Å². The summed E-state index contributed by atoms with van der Waals surface area (Å²) in [5, 5.41) is 10.7. The van der Waals surface area contributed by atoms with Gasteiger partial charge in [-0.25, -0.2) is 13.2 Å². The minimum absolute atomic E-state index is 0.0432. The van der Waals surface area contributed by atoms with Crippen LogP contribution in [-0.2, 0) is 14.6 Å². The summed E-state index contributed by atoms with van der Waals surface area (Å²) in [4.78, 5) is 9.21. The summed E-state index contributed by atoms with van der Waals surface area (Å²) in [6, 6.07) is 14.0. The second-order valence-electron chi connectivity index (χ2n) is 5.32. The molecular formula is C18H17ClF3NO4S. The van der Waals surface area contributed by atoms with Crippen molar-refractivity contribution in [3.8, 4) is 0 Å². The van der Waals surface area contributed by atoms with Crippen LogP contribution in [0.1, 0.15) is 5.56 Å². The van der Waals surface area contributed by atoms with Gasteiger partial charge in [-0.1, -0.05) is 35.9 Å². The molecule has 0 unspecified atom stereocenters. The van der Waals surface area contributed by atoms with Gasteiger partial charge < -0.3 is 10.4 Å². The highest BCUT2D eigenvalue weighted by Gasteiger charge is 2.38. The number of carboxylic acid groups (broad SMARTS) is 1. The second-order valence-corrected chi connectivity index (χ2v) is 7.79. The van der Waals surface area contributed by atoms with Gasteiger partial charge >= 0.3 is 12.1 Å². The van der Waals surface area contributed by atoms with Crippen molar-refractivity contribution in [1.82, 2.24) is 0 Å². The van der Waals surface area contributed by atoms with E-state index >= 15 is 0 Å². The van der Waals surface area contributed by atoms with Gasteiger partial charge in [0, 0.05) is 17.8 Å². The van der Waals surface area contributed by atoms with E-state index in [1.165, 1.54) is 0 Å². The molecule has 152 valence electrons. The molecule has 0 bridgehead atoms. The number of rotatable bonds is 5. The molecule has 2 aromatic rings. The molecule has 2 N–H and O–H groups in total. The summed E-state index contributed by atoms with van der Waals surface area (Å²) in [5.74, 6) is -2.80. The van der Waals surface area contributed by atoms with Crippen LogP contribution >= 0.6 is 11.6 Å². The third-order valence-corrected chi connectivity index (χ3v) is 5.08. The molecule has 10 heteroatoms. The lowest BCUT2D eigenvalue weighted by atomic mass is 10.2. The summed E-state index contributed by atoms with van der Waals surface area (Å²) in [6.45, 7) is 0. The van der Waals surface area contributed by atoms with Crippen LogP contribution in [0.5, 0.6) is 0 Å². The Kier molecular flexibility index (Phi) is 8.52. The first-order chi connectivity index (χ1) is 13.0. The molecule has 0 fully saturated rings. The fourth-order valence-corrected chi connectivity index (χ4v) is 3.14. The lowest BCUT2D eigenvalue weighted by Crippen LogP contribution is -2.21. The van der Waals surface area contributed by atoms with Gasteiger partial charge in [-0.2, -0.15) is 13.2 Å². The molecule has 0 radical (unpaired) electrons. The molecule has 0 aromatic heterocycles. The molecule has 0 heterocycles. The average Bonchev–Trinajstić information content (AvgIpc) is 2.61. The Bertz CT molecular complexity index is 927. The minimum Gasteiger partial charge on any atom is -0.475 e. The topological polar surface area (TPSA) is 83.5 Å². The number of benzene rings is 2. The largest absolute Gasteiger partial charge is 0.490 e. The number of sulfone groups is 1. The predicted octanol–water partition coefficient (Wildman–Crippen LogP) is 4.50. The number of anilines is 1. The van der Waals surface area contributed by atoms with Gasteiger partial charge in [0.25, 0.3) is 0 Å². The number of hydrogen-bond acceptors (Lipinski definition) is 4. The van der Waals surface area contributed by atoms with Gasteiger partial charge in [0.1, 0.15) is 0 Å². The fourth-order valence-electron chi connectivity index (χ4n) is 1.85. The maximum absolute atomic E-state index is 12.2. The number of hydrogen-bond donors (Lipinski definition) is 2. The zero-order chi connectivity index (χ0) is 21.4. The van der Waals surface area contributed by atoms with Crippen LogP contribution in [0.3, 0.4) is 0 Å². The van der Waals surface area contributed by atoms with Gasteiger partial charge in [0.05, 0.1) is 10.6 Å². The monoisotopic (exact) mass is 435 g/mol. The van der Waals surface area contributed by atoms with Crippen LogP contribution < -0.4 is 5.32 Å². The zero-order valence-electron chi connectivity index (χ0n) is 14.6. The van der Waals surface area contributed by atoms with Crippen LogP contribution in [0.2, 0.25) is 5.02 Å². The van der Waals surface area contributed by atoms with Crippen LogP contribution in [0, 0.1) is 0 Å². The molecule has 0 spiro atoms. The molecule has 2 aromatic carbocycles. The first kappa shape index (κ1) is 23.5. The second kappa shape index (κ2) is 10.1. The lowest BCUT2D eigenvalue weighted by Gasteiger charge is -2.03. The highest BCUT2D eigenvalue weighted by molar-refractivity contribution is 7.91. The number of carboxylic acids is 1. The third kappa shape index (κ3) is 8.01. The van der Waals surface area contributed by atoms with Crippen LogP contribution in [0.4, 0.5) is 18.9 Å². The molecule has 0 saturated heterocycles. The molecule has 0 aliphatic heterocycles. The Hall–Kier alpha value is -2.52. The SMILES string of the molecule is CNc1ccc(S(=O)(=O)CC=Cc2cccc(Cl)c2)cc1.O=C(O)C(F)(F)F. The van der Waals surface area contributed by atoms with E-state index in [1.807, 2.05) is 12.1 Å². The smallest absolute Gasteiger partial charge is 0.475 e. The molecule has 0 saturated carbocycles. The lowest BCUT2D eigenvalue weighted by molar-refractivity contribution is -0.192. The van der Waals surface area contributed by atoms with E-state index in [0.29, 0.717) is 9.92 Å². The molecule has 0 aliphatic carbocycles. The van der Waals surface area contributed by atoms with E-state index in [-0.39, 0.29) is 5.75 Å². The van der Waals surface area contributed by atoms with E-state index in [4.69, 9.17) is 21.5 Å². The van der Waals surface area contributed by atoms with Crippen LogP contribution in [-0.4, -0.2) is 38.5 Å². The summed E-state index contributed by atoms with van der Waals surface area (Å²) in [7, 11) is -1.52. The number of aliphatic carboxylic acids is 1. The third-order valence-electron chi connectivity index (χ3n) is 3.22. The molecule has 0 amide bonds. The van der Waals surface area contributed by atoms with E-state index in [0.717, 1.165) is 11.3 Å². The van der Waals surface area contributed by atoms with Crippen LogP contribution in [0.15, 0.2) is 59.5 Å². The Morgan fingerprint density at radius 2 is 1.75 bits per heavy atom. The van der Waals surface area contributed by atoms with Crippen LogP contribution in [0.25, 0.3) is 6.08 Å². The van der Waals surface area contributed by atoms with Crippen molar-refractivity contribution in [2.45, 2.75) is 11.1 Å². The highest BCUT2D eigenvalue weighted by atomic mass is 35.5. The summed E-state index contributed by atoms with van der Waals surface area (Å²) < 4.78 is 56.1. The van der Waals surface area contributed by atoms with E-state index in [2.05, 4.69) is 5.32 Å². The summed E-state index contributed by atoms with van der Waals surface area (Å²) in [5.41, 5.74) is 1.76. The van der Waals surface area contributed by atoms with Gasteiger partial charge in [0.2, 0.25) is 0 Å². The quantitative estimate of drug-likeness (QED) is 0.722. The first-order valence-electron chi connectivity index (χ1n) is 7.68. The first-order valence-corrected chi connectivity index (χ1v) is 9.71. The summed E-state index contributed by atoms with van der Waals surface area (Å²) >= 11 is 5.88. The van der Waals surface area contributed by atoms with Gasteiger partial charge in [-0.3, -0.25) is 0 Å². The number of alkyl halides is 3. The van der Waals surface area contributed by atoms with Crippen molar-refractivity contribution in [1.29, 1.82) is 0 Å². The highest BCUT2D eigenvalue weighted by Crippen LogP contribution is 2.16. The molecule has 2 rings (SSSR count). The zero-order valence-corrected chi connectivity index (χ0v) is 16.1. The molecule has 0 aliphatic rings. The number of nitrogens with one attached hydrogen (secondary N) is 1. The molecule has 28 heavy (non-hydrogen) atoms. The summed E-state index contributed by atoms with van der Waals surface area (Å²) in [6.07, 6.45) is -1.70. The van der Waals surface area contributed by atoms with Crippen molar-refractivity contribution in [2.75, 3.05) is 18.1 Å². The molecule has 5 nitrogen and oxygen atoms in total. The molecular weight excluding hydrogens is 419 g/mol. The number of carbonyl (C=O) groups is 1. The predicted molar refractivity (Wildman–Crippen MR) is 102 cm³/mol. The van der Waals surface area contributed by atoms with Gasteiger partial charge in [0.15, 0.2) is 9.84 Å². The van der Waals surface area contributed by atoms with E-state index < -0.39 is 22.0 Å². The molecule has 0 atom stereocenters. The number of halogens is 4. The average molecular weight is 436 g/mol. The maximum atomic E-state index is 12.2. The Labute approximate surface area is 165 Å². The Morgan fingerprint density at radius 3 is 2.21 bits per heavy atom. The fraction of sp³-hybridized carbons (Fsp3) is 0.167. The van der Waals surface area contributed by atoms with Crippen molar-refractivity contribution in [3.05, 3.63) is 65.2 Å². The Morgan fingerprint density at radius 1 is 1.18 bits per heavy atom. The van der Waals surface area contributed by atoms with Gasteiger partial charge in [-0.05, 0) is 42.0 Å². The van der Waals surface area contributed by atoms with Crippen molar-refractivity contribution >= 4 is 39.2 Å². The van der Waals surface area contributed by atoms with Gasteiger partial charge in [-0.15, -0.1) is 0 Å². The normalized spacial score (nSPS) is 11.6. The van der Waals surface area contributed by atoms with Crippen molar-refractivity contribution < 1.29 is 31.5 Å². The van der Waals surface area contributed by atoms with Crippen molar-refractivity contribution in [3.63, 3.8) is 0 Å². The minimum atomic E-state index is -5.08.